The number of aromatic nitrogens is 1. The number of para-hydroxylation sites is 1. The number of benzene rings is 5. The van der Waals surface area contributed by atoms with Gasteiger partial charge in [0.1, 0.15) is 16.7 Å². The van der Waals surface area contributed by atoms with Crippen molar-refractivity contribution in [2.75, 3.05) is 5.32 Å². The molecule has 9 heteroatoms. The largest absolute Gasteiger partial charge is 0.481 e. The Morgan fingerprint density at radius 2 is 1.33 bits per heavy atom. The lowest BCUT2D eigenvalue weighted by molar-refractivity contribution is -0.136. The highest BCUT2D eigenvalue weighted by atomic mass is 79.9. The number of fused-ring (bicyclic) bond motifs is 1. The summed E-state index contributed by atoms with van der Waals surface area (Å²) in [6, 6.07) is 36.5. The summed E-state index contributed by atoms with van der Waals surface area (Å²) in [5, 5.41) is 13.2. The maximum absolute atomic E-state index is 14.2. The number of ketones is 1. The van der Waals surface area contributed by atoms with Gasteiger partial charge in [-0.1, -0.05) is 136 Å². The molecule has 0 aliphatic rings. The Bertz CT molecular complexity index is 2100. The van der Waals surface area contributed by atoms with Gasteiger partial charge in [0.15, 0.2) is 5.78 Å². The van der Waals surface area contributed by atoms with Crippen LogP contribution in [0.3, 0.4) is 0 Å². The number of nitrogens with one attached hydrogen (secondary N) is 1. The van der Waals surface area contributed by atoms with Crippen LogP contribution in [-0.4, -0.2) is 27.1 Å². The number of nitrogens with zero attached hydrogens (tertiary/aromatic N) is 1. The van der Waals surface area contributed by atoms with Gasteiger partial charge >= 0.3 is 5.97 Å². The lowest BCUT2D eigenvalue weighted by Crippen LogP contribution is -2.23. The molecule has 2 atom stereocenters. The van der Waals surface area contributed by atoms with Crippen LogP contribution >= 0.6 is 27.5 Å². The molecule has 0 aliphatic carbocycles. The zero-order valence-corrected chi connectivity index (χ0v) is 31.4. The van der Waals surface area contributed by atoms with E-state index in [4.69, 9.17) is 16.7 Å². The highest BCUT2D eigenvalue weighted by Crippen LogP contribution is 2.27. The highest BCUT2D eigenvalue weighted by Gasteiger charge is 2.22. The van der Waals surface area contributed by atoms with Crippen molar-refractivity contribution in [2.24, 2.45) is 0 Å². The molecular formula is C43H39BrClFN2O4. The number of anilines is 1. The van der Waals surface area contributed by atoms with E-state index in [0.717, 1.165) is 44.2 Å². The van der Waals surface area contributed by atoms with Gasteiger partial charge in [0.2, 0.25) is 5.24 Å². The summed E-state index contributed by atoms with van der Waals surface area (Å²) in [6.07, 6.45) is 3.87. The number of aryl methyl sites for hydroxylation is 3. The predicted octanol–water partition coefficient (Wildman–Crippen LogP) is 10.5. The second kappa shape index (κ2) is 19.4. The average Bonchev–Trinajstić information content (AvgIpc) is 3.13. The van der Waals surface area contributed by atoms with Gasteiger partial charge in [-0.25, -0.2) is 4.39 Å². The summed E-state index contributed by atoms with van der Waals surface area (Å²) in [5.74, 6) is -1.19. The van der Waals surface area contributed by atoms with E-state index < -0.39 is 12.0 Å². The summed E-state index contributed by atoms with van der Waals surface area (Å²) in [5.41, 5.74) is 7.22. The van der Waals surface area contributed by atoms with Crippen LogP contribution in [0.15, 0.2) is 134 Å². The first kappa shape index (κ1) is 39.6. The van der Waals surface area contributed by atoms with E-state index >= 15 is 0 Å². The molecule has 0 amide bonds. The number of hydrogen-bond acceptors (Lipinski definition) is 5. The number of pyridine rings is 1. The van der Waals surface area contributed by atoms with E-state index in [1.807, 2.05) is 118 Å². The van der Waals surface area contributed by atoms with Gasteiger partial charge in [0.05, 0.1) is 12.1 Å². The lowest BCUT2D eigenvalue weighted by Gasteiger charge is -2.20. The molecule has 0 radical (unpaired) electrons. The van der Waals surface area contributed by atoms with Crippen LogP contribution in [0.25, 0.3) is 10.8 Å². The second-order valence-electron chi connectivity index (χ2n) is 12.3. The smallest absolute Gasteiger partial charge is 0.307 e. The van der Waals surface area contributed by atoms with Gasteiger partial charge in [-0.3, -0.25) is 19.4 Å². The molecule has 6 rings (SSSR count). The Hall–Kier alpha value is -5.18. The number of aliphatic carboxylic acids is 1. The highest BCUT2D eigenvalue weighted by molar-refractivity contribution is 9.09. The van der Waals surface area contributed by atoms with Gasteiger partial charge in [0.25, 0.3) is 0 Å². The molecule has 6 nitrogen and oxygen atoms in total. The normalized spacial score (nSPS) is 11.6. The van der Waals surface area contributed by atoms with E-state index in [9.17, 15) is 18.8 Å². The van der Waals surface area contributed by atoms with Crippen LogP contribution in [0.2, 0.25) is 0 Å². The fourth-order valence-corrected chi connectivity index (χ4v) is 5.65. The molecule has 5 aromatic carbocycles. The van der Waals surface area contributed by atoms with E-state index in [-0.39, 0.29) is 34.5 Å². The minimum Gasteiger partial charge on any atom is -0.481 e. The van der Waals surface area contributed by atoms with Gasteiger partial charge < -0.3 is 10.4 Å². The molecule has 1 heterocycles. The van der Waals surface area contributed by atoms with Crippen LogP contribution in [0, 0.1) is 26.6 Å². The van der Waals surface area contributed by atoms with Crippen LogP contribution < -0.4 is 5.32 Å². The Morgan fingerprint density at radius 1 is 0.750 bits per heavy atom. The molecule has 1 aromatic heterocycles. The first-order chi connectivity index (χ1) is 24.9. The van der Waals surface area contributed by atoms with Gasteiger partial charge in [-0.15, -0.1) is 0 Å². The molecule has 0 spiro atoms. The molecule has 0 bridgehead atoms. The van der Waals surface area contributed by atoms with Gasteiger partial charge in [-0.2, -0.15) is 0 Å². The van der Waals surface area contributed by atoms with Crippen LogP contribution in [0.1, 0.15) is 49.8 Å². The summed E-state index contributed by atoms with van der Waals surface area (Å²) in [4.78, 5) is 38.1. The van der Waals surface area contributed by atoms with Crippen molar-refractivity contribution in [2.45, 2.75) is 44.5 Å². The second-order valence-corrected chi connectivity index (χ2v) is 13.5. The standard InChI is InChI=1S/C25H21FN2O.C9H8BrClO.C9H10O2/c1-17-9-11-18(12-10-17)25(28-23-8-3-2-7-22(23)26)24(29)15-19-5-4-6-20-16-27-14-13-21(19)20;1-6-2-4-7(5-3-6)8(10)9(11)12;1-7-2-4-8(5-3-7)6-9(10)11/h2-14,16,25,28H,15H2,1H3;2-5,8H,1H3;2-5H,6H2,1H3,(H,10,11). The van der Waals surface area contributed by atoms with Crippen molar-refractivity contribution in [1.82, 2.24) is 4.98 Å². The molecule has 0 fully saturated rings. The molecule has 6 aromatic rings. The van der Waals surface area contributed by atoms with Crippen molar-refractivity contribution in [3.63, 3.8) is 0 Å². The summed E-state index contributed by atoms with van der Waals surface area (Å²) >= 11 is 8.51. The number of rotatable bonds is 10. The van der Waals surface area contributed by atoms with Crippen molar-refractivity contribution in [1.29, 1.82) is 0 Å². The van der Waals surface area contributed by atoms with Crippen LogP contribution in [0.5, 0.6) is 0 Å². The maximum atomic E-state index is 14.2. The van der Waals surface area contributed by atoms with Crippen molar-refractivity contribution < 1.29 is 23.9 Å². The number of hydrogen-bond donors (Lipinski definition) is 2. The quantitative estimate of drug-likeness (QED) is 0.106. The molecule has 52 heavy (non-hydrogen) atoms. The predicted molar refractivity (Wildman–Crippen MR) is 211 cm³/mol. The lowest BCUT2D eigenvalue weighted by atomic mass is 9.94. The minimum atomic E-state index is -0.783. The van der Waals surface area contributed by atoms with E-state index in [1.165, 1.54) is 11.6 Å². The molecule has 266 valence electrons. The minimum absolute atomic E-state index is 0.0265. The molecule has 0 aliphatic heterocycles. The summed E-state index contributed by atoms with van der Waals surface area (Å²) < 4.78 is 14.2. The van der Waals surface area contributed by atoms with Crippen LogP contribution in [-0.2, 0) is 27.2 Å². The Labute approximate surface area is 316 Å². The number of alkyl halides is 1. The number of carbonyl (C=O) groups is 3. The van der Waals surface area contributed by atoms with Crippen molar-refractivity contribution in [3.05, 3.63) is 178 Å². The SMILES string of the molecule is Cc1ccc(C(Br)C(=O)Cl)cc1.Cc1ccc(C(Nc2ccccc2F)C(=O)Cc2cccc3cnccc23)cc1.Cc1ccc(CC(=O)O)cc1. The zero-order chi connectivity index (χ0) is 37.6. The third-order valence-corrected chi connectivity index (χ3v) is 9.51. The molecular weight excluding hydrogens is 743 g/mol. The summed E-state index contributed by atoms with van der Waals surface area (Å²) in [7, 11) is 0. The van der Waals surface area contributed by atoms with Crippen molar-refractivity contribution >= 4 is 61.0 Å². The van der Waals surface area contributed by atoms with Gasteiger partial charge in [0, 0.05) is 24.2 Å². The summed E-state index contributed by atoms with van der Waals surface area (Å²) in [6.45, 7) is 5.97. The van der Waals surface area contributed by atoms with Gasteiger partial charge in [-0.05, 0) is 78.2 Å². The van der Waals surface area contributed by atoms with E-state index in [2.05, 4.69) is 26.2 Å². The van der Waals surface area contributed by atoms with E-state index in [1.54, 1.807) is 30.6 Å². The number of carbonyl (C=O) groups excluding carboxylic acids is 2. The molecule has 2 unspecified atom stereocenters. The number of carboxylic acids is 1. The first-order valence-corrected chi connectivity index (χ1v) is 17.8. The zero-order valence-electron chi connectivity index (χ0n) is 29.0. The third kappa shape index (κ3) is 12.0. The third-order valence-electron chi connectivity index (χ3n) is 8.09. The van der Waals surface area contributed by atoms with Crippen molar-refractivity contribution in [3.8, 4) is 0 Å². The monoisotopic (exact) mass is 780 g/mol. The maximum Gasteiger partial charge on any atom is 0.307 e. The Kier molecular flexibility index (Phi) is 14.8. The Morgan fingerprint density at radius 3 is 1.90 bits per heavy atom. The average molecular weight is 782 g/mol. The van der Waals surface area contributed by atoms with E-state index in [0.29, 0.717) is 5.69 Å². The number of carboxylic acid groups (broad SMARTS) is 1. The number of halogens is 3. The fraction of sp³-hybridized carbons (Fsp3) is 0.163. The fourth-order valence-electron chi connectivity index (χ4n) is 5.22. The first-order valence-electron chi connectivity index (χ1n) is 16.5. The number of Topliss-reactive ketones (excluding diaryl/α,β-unsaturated/α-hetero) is 1. The molecule has 0 saturated heterocycles. The topological polar surface area (TPSA) is 96.4 Å². The van der Waals surface area contributed by atoms with Crippen LogP contribution in [0.4, 0.5) is 10.1 Å². The molecule has 2 N–H and O–H groups in total. The Balaban J connectivity index is 0.000000216. The molecule has 0 saturated carbocycles.